The number of amides is 3. The number of benzene rings is 2. The van der Waals surface area contributed by atoms with Crippen LogP contribution in [0.1, 0.15) is 63.7 Å². The van der Waals surface area contributed by atoms with Gasteiger partial charge in [0.1, 0.15) is 23.8 Å². The molecule has 0 saturated carbocycles. The Balaban J connectivity index is 0.000000316. The van der Waals surface area contributed by atoms with E-state index in [1.807, 2.05) is 0 Å². The number of carboxylic acids is 2. The van der Waals surface area contributed by atoms with E-state index in [0.717, 1.165) is 0 Å². The number of nitrogens with one attached hydrogen (secondary N) is 7. The minimum absolute atomic E-state index is 0. The van der Waals surface area contributed by atoms with E-state index in [4.69, 9.17) is 38.8 Å². The number of aromatic nitrogens is 2. The number of hydrogen-bond acceptors (Lipinski definition) is 18. The lowest BCUT2D eigenvalue weighted by atomic mass is 10.0. The van der Waals surface area contributed by atoms with Crippen molar-refractivity contribution in [2.75, 3.05) is 56.5 Å². The highest BCUT2D eigenvalue weighted by molar-refractivity contribution is 9.11. The van der Waals surface area contributed by atoms with E-state index in [2.05, 4.69) is 89.0 Å². The van der Waals surface area contributed by atoms with Crippen molar-refractivity contribution in [3.8, 4) is 11.5 Å². The van der Waals surface area contributed by atoms with E-state index in [9.17, 15) is 52.9 Å². The number of aromatic carboxylic acids is 1. The predicted molar refractivity (Wildman–Crippen MR) is 279 cm³/mol. The maximum Gasteiger partial charge on any atom is 0.337 e. The third kappa shape index (κ3) is 20.3. The van der Waals surface area contributed by atoms with Crippen LogP contribution in [0.15, 0.2) is 80.1 Å². The minimum Gasteiger partial charge on any atom is -0.506 e. The molecule has 0 bridgehead atoms. The van der Waals surface area contributed by atoms with Gasteiger partial charge in [-0.05, 0) is 75.2 Å². The quantitative estimate of drug-likeness (QED) is 0.0673. The molecule has 6 rings (SSSR count). The molecule has 23 nitrogen and oxygen atoms in total. The van der Waals surface area contributed by atoms with Crippen molar-refractivity contribution >= 4 is 126 Å². The van der Waals surface area contributed by atoms with Crippen molar-refractivity contribution in [3.63, 3.8) is 0 Å². The molecule has 0 radical (unpaired) electrons. The Labute approximate surface area is 453 Å². The van der Waals surface area contributed by atoms with Crippen molar-refractivity contribution < 1.29 is 62.7 Å². The molecular formula is C44H49Br2Cl3F2N12O11. The average molecular weight is 1230 g/mol. The van der Waals surface area contributed by atoms with Crippen LogP contribution >= 0.6 is 67.5 Å². The van der Waals surface area contributed by atoms with Crippen LogP contribution in [0, 0.1) is 0 Å². The summed E-state index contributed by atoms with van der Waals surface area (Å²) in [6.07, 6.45) is 2.74. The molecule has 0 saturated heterocycles. The Kier molecular flexibility index (Phi) is 25.4. The Morgan fingerprint density at radius 3 is 1.68 bits per heavy atom. The number of phenols is 2. The zero-order valence-corrected chi connectivity index (χ0v) is 44.1. The SMILES string of the molecule is CCOC(=O)C[C@H](NC(=O)CN)c1cc(Cl)cc(Br)c1O.Cl.O=C(O)C[C@H](NC(=O)CNC(=O)c1cncc(NC2=NCC(F)CN2)c1)c1cc(Cl)cc(Br)c1O.O=C(O)c1cncc(NC2=NCC(F)CN2)c1. The number of carbonyl (C=O) groups excluding carboxylic acids is 4. The summed E-state index contributed by atoms with van der Waals surface area (Å²) < 4.78 is 31.4. The van der Waals surface area contributed by atoms with Gasteiger partial charge >= 0.3 is 17.9 Å². The summed E-state index contributed by atoms with van der Waals surface area (Å²) in [5.41, 5.74) is 6.81. The molecule has 0 spiro atoms. The van der Waals surface area contributed by atoms with Gasteiger partial charge in [-0.3, -0.25) is 33.9 Å². The number of rotatable bonds is 16. The van der Waals surface area contributed by atoms with E-state index < -0.39 is 73.0 Å². The van der Waals surface area contributed by atoms with Crippen LogP contribution in [-0.4, -0.2) is 136 Å². The molecule has 2 aliphatic heterocycles. The number of nitrogens with two attached hydrogens (primary N) is 1. The topological polar surface area (TPSA) is 353 Å². The molecule has 74 heavy (non-hydrogen) atoms. The average Bonchev–Trinajstić information content (AvgIpc) is 3.34. The number of anilines is 2. The molecule has 2 unspecified atom stereocenters. The van der Waals surface area contributed by atoms with Crippen molar-refractivity contribution in [1.29, 1.82) is 0 Å². The maximum atomic E-state index is 13.2. The third-order valence-corrected chi connectivity index (χ3v) is 11.2. The number of halogens is 7. The first-order valence-corrected chi connectivity index (χ1v) is 23.8. The van der Waals surface area contributed by atoms with E-state index >= 15 is 0 Å². The van der Waals surface area contributed by atoms with Gasteiger partial charge in [0.25, 0.3) is 5.91 Å². The van der Waals surface area contributed by atoms with Crippen LogP contribution in [0.4, 0.5) is 20.2 Å². The highest BCUT2D eigenvalue weighted by Gasteiger charge is 2.25. The summed E-state index contributed by atoms with van der Waals surface area (Å²) in [7, 11) is 0. The normalized spacial score (nSPS) is 15.2. The number of esters is 1. The van der Waals surface area contributed by atoms with Gasteiger partial charge in [0.15, 0.2) is 11.9 Å². The molecule has 0 aliphatic carbocycles. The monoisotopic (exact) mass is 1220 g/mol. The van der Waals surface area contributed by atoms with Crippen LogP contribution in [0.5, 0.6) is 11.5 Å². The van der Waals surface area contributed by atoms with Crippen molar-refractivity contribution in [1.82, 2.24) is 36.6 Å². The van der Waals surface area contributed by atoms with Gasteiger partial charge in [-0.15, -0.1) is 12.4 Å². The zero-order chi connectivity index (χ0) is 53.8. The first-order valence-electron chi connectivity index (χ1n) is 21.5. The molecule has 30 heteroatoms. The summed E-state index contributed by atoms with van der Waals surface area (Å²) in [5.74, 6) is -4.14. The van der Waals surface area contributed by atoms with Crippen LogP contribution in [0.25, 0.3) is 0 Å². The second kappa shape index (κ2) is 30.5. The second-order valence-corrected chi connectivity index (χ2v) is 17.8. The first-order chi connectivity index (χ1) is 34.6. The van der Waals surface area contributed by atoms with Gasteiger partial charge in [0.05, 0.1) is 115 Å². The van der Waals surface area contributed by atoms with Gasteiger partial charge < -0.3 is 68.1 Å². The predicted octanol–water partition coefficient (Wildman–Crippen LogP) is 4.76. The molecule has 4 heterocycles. The van der Waals surface area contributed by atoms with Gasteiger partial charge in [-0.25, -0.2) is 23.6 Å². The standard InChI is InChI=1S/C21H21BrClFN6O5.C13H16BrClN2O4.C10H11FN4O2.ClH/c22-15-3-11(23)2-14(19(15)34)16(4-18(32)33)30-17(31)9-26-20(35)10-1-13(8-25-5-10)29-21-27-6-12(24)7-28-21;1-2-21-12(19)5-10(17-11(18)6-16)8-3-7(15)4-9(14)13(8)20;11-7-3-13-10(14-4-7)15-8-1-6(9(16)17)2-12-5-8;/h1-3,5,8,12,16,34H,4,6-7,9H2,(H,26,35)(H,30,31)(H,32,33)(H2,27,28,29);3-4,10,20H,2,5-6,16H2,1H3,(H,17,18);1-2,5,7H,3-4H2,(H,16,17)(H2,13,14,15);1H/t16-;10-;;/m00../s1. The largest absolute Gasteiger partial charge is 0.506 e. The molecule has 0 fully saturated rings. The number of carbonyl (C=O) groups is 6. The van der Waals surface area contributed by atoms with E-state index in [1.54, 1.807) is 6.92 Å². The third-order valence-electron chi connectivity index (χ3n) is 9.57. The Morgan fingerprint density at radius 1 is 0.757 bits per heavy atom. The second-order valence-electron chi connectivity index (χ2n) is 15.2. The molecule has 2 aromatic heterocycles. The first kappa shape index (κ1) is 61.6. The number of aromatic hydroxyl groups is 2. The summed E-state index contributed by atoms with van der Waals surface area (Å²) in [5, 5.41) is 57.7. The van der Waals surface area contributed by atoms with E-state index in [-0.39, 0.29) is 95.8 Å². The van der Waals surface area contributed by atoms with Gasteiger partial charge in [0.2, 0.25) is 11.8 Å². The molecule has 4 aromatic rings. The fourth-order valence-electron chi connectivity index (χ4n) is 6.24. The fraction of sp³-hybridized carbons (Fsp3) is 0.318. The van der Waals surface area contributed by atoms with Gasteiger partial charge in [-0.2, -0.15) is 0 Å². The summed E-state index contributed by atoms with van der Waals surface area (Å²) >= 11 is 18.2. The van der Waals surface area contributed by atoms with Gasteiger partial charge in [0, 0.05) is 33.6 Å². The number of aliphatic carboxylic acids is 1. The number of guanidine groups is 2. The summed E-state index contributed by atoms with van der Waals surface area (Å²) in [6.45, 7) is 1.62. The van der Waals surface area contributed by atoms with E-state index in [1.165, 1.54) is 61.2 Å². The number of pyridine rings is 2. The number of ether oxygens (including phenoxy) is 1. The van der Waals surface area contributed by atoms with Crippen LogP contribution in [0.2, 0.25) is 10.0 Å². The molecule has 4 atom stereocenters. The maximum absolute atomic E-state index is 13.2. The molecule has 13 N–H and O–H groups in total. The molecule has 2 aliphatic rings. The lowest BCUT2D eigenvalue weighted by molar-refractivity contribution is -0.144. The number of hydrogen-bond donors (Lipinski definition) is 12. The van der Waals surface area contributed by atoms with E-state index in [0.29, 0.717) is 38.4 Å². The molecule has 2 aromatic carbocycles. The molecule has 400 valence electrons. The van der Waals surface area contributed by atoms with Gasteiger partial charge in [-0.1, -0.05) is 23.2 Å². The summed E-state index contributed by atoms with van der Waals surface area (Å²) in [6, 6.07) is 6.77. The minimum atomic E-state index is -1.22. The zero-order valence-electron chi connectivity index (χ0n) is 38.6. The number of phenolic OH excluding ortho intramolecular Hbond substituents is 2. The highest BCUT2D eigenvalue weighted by atomic mass is 79.9. The highest BCUT2D eigenvalue weighted by Crippen LogP contribution is 2.37. The number of aliphatic imine (C=N–C) groups is 2. The van der Waals surface area contributed by atoms with Crippen molar-refractivity contribution in [3.05, 3.63) is 102 Å². The van der Waals surface area contributed by atoms with Crippen LogP contribution in [0.3, 0.4) is 0 Å². The lowest BCUT2D eigenvalue weighted by Gasteiger charge is -2.20. The lowest BCUT2D eigenvalue weighted by Crippen LogP contribution is -2.41. The van der Waals surface area contributed by atoms with Crippen molar-refractivity contribution in [2.24, 2.45) is 15.7 Å². The number of carboxylic acid groups (broad SMARTS) is 2. The summed E-state index contributed by atoms with van der Waals surface area (Å²) in [4.78, 5) is 85.8. The molecule has 3 amide bonds. The Morgan fingerprint density at radius 2 is 1.23 bits per heavy atom. The Bertz CT molecular complexity index is 2720. The fourth-order valence-corrected chi connectivity index (χ4v) is 7.91. The number of alkyl halides is 2. The number of nitrogens with zero attached hydrogens (tertiary/aromatic N) is 4. The smallest absolute Gasteiger partial charge is 0.337 e. The van der Waals surface area contributed by atoms with Crippen molar-refractivity contribution in [2.45, 2.75) is 44.2 Å². The van der Waals surface area contributed by atoms with Crippen LogP contribution < -0.4 is 43.0 Å². The Hall–Kier alpha value is -6.65. The molecular weight excluding hydrogens is 1180 g/mol. The van der Waals surface area contributed by atoms with Crippen LogP contribution in [-0.2, 0) is 23.9 Å².